The molecule has 2 saturated heterocycles. The van der Waals surface area contributed by atoms with Gasteiger partial charge in [0, 0.05) is 13.1 Å². The van der Waals surface area contributed by atoms with Crippen molar-refractivity contribution in [2.75, 3.05) is 13.1 Å². The predicted octanol–water partition coefficient (Wildman–Crippen LogP) is -1.57. The number of carbonyl (C=O) groups excluding carboxylic acids is 2. The molecule has 5 nitrogen and oxygen atoms in total. The van der Waals surface area contributed by atoms with Gasteiger partial charge in [-0.15, -0.1) is 0 Å². The average Bonchev–Trinajstić information content (AvgIpc) is 2.55. The molecule has 0 aromatic carbocycles. The molecule has 2 fully saturated rings. The van der Waals surface area contributed by atoms with E-state index in [2.05, 4.69) is 5.32 Å². The minimum absolute atomic E-state index is 0.200. The maximum Gasteiger partial charge on any atom is 0.232 e. The van der Waals surface area contributed by atoms with E-state index in [1.807, 2.05) is 0 Å². The van der Waals surface area contributed by atoms with Crippen molar-refractivity contribution in [1.29, 1.82) is 0 Å². The molecule has 0 aromatic heterocycles. The van der Waals surface area contributed by atoms with Crippen molar-refractivity contribution < 1.29 is 9.59 Å². The molecular weight excluding hydrogens is 190 g/mol. The smallest absolute Gasteiger partial charge is 0.232 e. The van der Waals surface area contributed by atoms with Crippen LogP contribution < -0.4 is 11.1 Å². The van der Waals surface area contributed by atoms with E-state index in [1.165, 1.54) is 0 Å². The van der Waals surface area contributed by atoms with Gasteiger partial charge in [-0.05, 0) is 12.2 Å². The van der Waals surface area contributed by atoms with E-state index >= 15 is 0 Å². The van der Waals surface area contributed by atoms with Crippen molar-refractivity contribution in [3.8, 4) is 0 Å². The van der Waals surface area contributed by atoms with Crippen molar-refractivity contribution in [3.05, 3.63) is 0 Å². The first-order valence-corrected chi connectivity index (χ1v) is 4.39. The molecule has 70 valence electrons. The molecular formula is C7H9N3O2S. The third-order valence-corrected chi connectivity index (χ3v) is 2.81. The summed E-state index contributed by atoms with van der Waals surface area (Å²) >= 11 is 4.77. The molecule has 0 aromatic rings. The van der Waals surface area contributed by atoms with Gasteiger partial charge < -0.3 is 10.6 Å². The lowest BCUT2D eigenvalue weighted by Crippen LogP contribution is -2.37. The first kappa shape index (κ1) is 8.43. The van der Waals surface area contributed by atoms with Gasteiger partial charge >= 0.3 is 0 Å². The fourth-order valence-electron chi connectivity index (χ4n) is 1.82. The van der Waals surface area contributed by atoms with Crippen LogP contribution in [0, 0.1) is 11.8 Å². The first-order valence-electron chi connectivity index (χ1n) is 3.98. The number of thiocarbonyl (C=S) groups is 1. The molecule has 0 saturated carbocycles. The minimum atomic E-state index is -0.256. The zero-order valence-corrected chi connectivity index (χ0v) is 7.63. The fourth-order valence-corrected chi connectivity index (χ4v) is 1.97. The van der Waals surface area contributed by atoms with Gasteiger partial charge in [-0.2, -0.15) is 0 Å². The van der Waals surface area contributed by atoms with E-state index in [1.54, 1.807) is 4.90 Å². The number of carbonyl (C=O) groups is 2. The number of nitrogens with two attached hydrogens (primary N) is 1. The van der Waals surface area contributed by atoms with Crippen LogP contribution in [0.2, 0.25) is 0 Å². The van der Waals surface area contributed by atoms with Gasteiger partial charge in [0.1, 0.15) is 0 Å². The Balaban J connectivity index is 2.17. The Morgan fingerprint density at radius 2 is 1.85 bits per heavy atom. The third-order valence-electron chi connectivity index (χ3n) is 2.55. The molecule has 3 N–H and O–H groups in total. The third kappa shape index (κ3) is 1.17. The van der Waals surface area contributed by atoms with Crippen LogP contribution in [-0.4, -0.2) is 34.9 Å². The number of hydrogen-bond acceptors (Lipinski definition) is 3. The van der Waals surface area contributed by atoms with Crippen molar-refractivity contribution >= 4 is 29.1 Å². The summed E-state index contributed by atoms with van der Waals surface area (Å²) in [5, 5.41) is 2.55. The standard InChI is InChI=1S/C7H9N3O2S/c8-7(13)10-1-3-4(2-10)6(12)9-5(3)11/h3-4H,1-2H2,(H2,8,13)(H,9,11,12)/t3-,4+. The molecule has 0 radical (unpaired) electrons. The van der Waals surface area contributed by atoms with Gasteiger partial charge in [-0.25, -0.2) is 0 Å². The Kier molecular flexibility index (Phi) is 1.73. The van der Waals surface area contributed by atoms with Crippen LogP contribution in [0.1, 0.15) is 0 Å². The van der Waals surface area contributed by atoms with E-state index in [4.69, 9.17) is 18.0 Å². The van der Waals surface area contributed by atoms with Crippen LogP contribution in [0.15, 0.2) is 0 Å². The van der Waals surface area contributed by atoms with E-state index in [0.29, 0.717) is 13.1 Å². The lowest BCUT2D eigenvalue weighted by Gasteiger charge is -2.15. The summed E-state index contributed by atoms with van der Waals surface area (Å²) in [4.78, 5) is 24.1. The summed E-state index contributed by atoms with van der Waals surface area (Å²) in [6.45, 7) is 0.940. The molecule has 0 aliphatic carbocycles. The molecule has 2 aliphatic rings. The molecule has 0 bridgehead atoms. The normalized spacial score (nSPS) is 31.8. The second-order valence-corrected chi connectivity index (χ2v) is 3.73. The summed E-state index contributed by atoms with van der Waals surface area (Å²) in [5.41, 5.74) is 5.41. The highest BCUT2D eigenvalue weighted by molar-refractivity contribution is 7.80. The van der Waals surface area contributed by atoms with E-state index in [0.717, 1.165) is 0 Å². The van der Waals surface area contributed by atoms with Crippen LogP contribution in [0.25, 0.3) is 0 Å². The number of amides is 2. The number of likely N-dealkylation sites (tertiary alicyclic amines) is 1. The SMILES string of the molecule is NC(=S)N1C[C@@H]2C(=O)NC(=O)[C@@H]2C1. The molecule has 6 heteroatoms. The second kappa shape index (κ2) is 2.66. The van der Waals surface area contributed by atoms with Crippen molar-refractivity contribution in [3.63, 3.8) is 0 Å². The van der Waals surface area contributed by atoms with E-state index in [-0.39, 0.29) is 28.8 Å². The van der Waals surface area contributed by atoms with Gasteiger partial charge in [0.2, 0.25) is 11.8 Å². The lowest BCUT2D eigenvalue weighted by molar-refractivity contribution is -0.126. The quantitative estimate of drug-likeness (QED) is 0.364. The average molecular weight is 199 g/mol. The maximum atomic E-state index is 11.2. The predicted molar refractivity (Wildman–Crippen MR) is 48.5 cm³/mol. The van der Waals surface area contributed by atoms with Gasteiger partial charge in [0.15, 0.2) is 5.11 Å². The zero-order chi connectivity index (χ0) is 9.59. The highest BCUT2D eigenvalue weighted by Crippen LogP contribution is 2.27. The Morgan fingerprint density at radius 3 is 2.23 bits per heavy atom. The Morgan fingerprint density at radius 1 is 1.38 bits per heavy atom. The fraction of sp³-hybridized carbons (Fsp3) is 0.571. The van der Waals surface area contributed by atoms with Gasteiger partial charge in [0.05, 0.1) is 11.8 Å². The molecule has 0 unspecified atom stereocenters. The lowest BCUT2D eigenvalue weighted by atomic mass is 10.00. The number of imide groups is 1. The van der Waals surface area contributed by atoms with Crippen LogP contribution >= 0.6 is 12.2 Å². The maximum absolute atomic E-state index is 11.2. The molecule has 2 amide bonds. The summed E-state index contributed by atoms with van der Waals surface area (Å²) < 4.78 is 0. The summed E-state index contributed by atoms with van der Waals surface area (Å²) in [5.74, 6) is -0.912. The van der Waals surface area contributed by atoms with E-state index < -0.39 is 0 Å². The van der Waals surface area contributed by atoms with Crippen molar-refractivity contribution in [2.24, 2.45) is 17.6 Å². The Hall–Kier alpha value is -1.17. The van der Waals surface area contributed by atoms with Crippen LogP contribution in [0.5, 0.6) is 0 Å². The largest absolute Gasteiger partial charge is 0.376 e. The topological polar surface area (TPSA) is 75.4 Å². The molecule has 13 heavy (non-hydrogen) atoms. The number of nitrogens with one attached hydrogen (secondary N) is 1. The highest BCUT2D eigenvalue weighted by Gasteiger charge is 2.47. The molecule has 2 atom stereocenters. The summed E-state index contributed by atoms with van der Waals surface area (Å²) in [7, 11) is 0. The summed E-state index contributed by atoms with van der Waals surface area (Å²) in [6, 6.07) is 0. The van der Waals surface area contributed by atoms with E-state index in [9.17, 15) is 9.59 Å². The Bertz CT molecular complexity index is 282. The number of rotatable bonds is 0. The van der Waals surface area contributed by atoms with Crippen LogP contribution in [-0.2, 0) is 9.59 Å². The zero-order valence-electron chi connectivity index (χ0n) is 6.82. The van der Waals surface area contributed by atoms with Crippen LogP contribution in [0.4, 0.5) is 0 Å². The first-order chi connectivity index (χ1) is 6.09. The molecule has 2 heterocycles. The molecule has 0 spiro atoms. The summed E-state index contributed by atoms with van der Waals surface area (Å²) in [6.07, 6.45) is 0. The molecule has 2 rings (SSSR count). The minimum Gasteiger partial charge on any atom is -0.376 e. The van der Waals surface area contributed by atoms with Gasteiger partial charge in [0.25, 0.3) is 0 Å². The van der Waals surface area contributed by atoms with Crippen molar-refractivity contribution in [1.82, 2.24) is 10.2 Å². The second-order valence-electron chi connectivity index (χ2n) is 3.31. The number of hydrogen-bond donors (Lipinski definition) is 2. The number of nitrogens with zero attached hydrogens (tertiary/aromatic N) is 1. The highest BCUT2D eigenvalue weighted by atomic mass is 32.1. The van der Waals surface area contributed by atoms with Gasteiger partial charge in [-0.3, -0.25) is 14.9 Å². The Labute approximate surface area is 80.2 Å². The number of fused-ring (bicyclic) bond motifs is 1. The van der Waals surface area contributed by atoms with Gasteiger partial charge in [-0.1, -0.05) is 0 Å². The monoisotopic (exact) mass is 199 g/mol. The molecule has 2 aliphatic heterocycles. The van der Waals surface area contributed by atoms with Crippen LogP contribution in [0.3, 0.4) is 0 Å². The van der Waals surface area contributed by atoms with Crippen molar-refractivity contribution in [2.45, 2.75) is 0 Å².